The second kappa shape index (κ2) is 7.68. The topological polar surface area (TPSA) is 49.4 Å². The Hall–Kier alpha value is -1.84. The molecule has 0 spiro atoms. The summed E-state index contributed by atoms with van der Waals surface area (Å²) < 4.78 is 0. The Kier molecular flexibility index (Phi) is 6.22. The Morgan fingerprint density at radius 1 is 1.15 bits per heavy atom. The van der Waals surface area contributed by atoms with Crippen molar-refractivity contribution < 1.29 is 9.59 Å². The van der Waals surface area contributed by atoms with E-state index < -0.39 is 0 Å². The quantitative estimate of drug-likeness (QED) is 0.812. The van der Waals surface area contributed by atoms with Gasteiger partial charge in [0.15, 0.2) is 0 Å². The first kappa shape index (κ1) is 16.2. The maximum atomic E-state index is 12.0. The zero-order valence-electron chi connectivity index (χ0n) is 12.8. The lowest BCUT2D eigenvalue weighted by Crippen LogP contribution is -2.33. The van der Waals surface area contributed by atoms with Crippen LogP contribution in [0.1, 0.15) is 38.3 Å². The molecular formula is C16H24N2O2. The van der Waals surface area contributed by atoms with E-state index in [1.807, 2.05) is 45.9 Å². The fourth-order valence-corrected chi connectivity index (χ4v) is 2.21. The normalized spacial score (nSPS) is 10.2. The summed E-state index contributed by atoms with van der Waals surface area (Å²) in [4.78, 5) is 25.6. The number of rotatable bonds is 6. The average molecular weight is 276 g/mol. The van der Waals surface area contributed by atoms with Crippen LogP contribution >= 0.6 is 0 Å². The molecule has 0 saturated heterocycles. The van der Waals surface area contributed by atoms with E-state index in [0.717, 1.165) is 23.2 Å². The first-order valence-electron chi connectivity index (χ1n) is 7.19. The number of aryl methyl sites for hydroxylation is 2. The lowest BCUT2D eigenvalue weighted by atomic mass is 10.1. The van der Waals surface area contributed by atoms with Gasteiger partial charge >= 0.3 is 0 Å². The number of para-hydroxylation sites is 1. The number of nitrogens with zero attached hydrogens (tertiary/aromatic N) is 1. The molecule has 0 fully saturated rings. The molecule has 1 aromatic rings. The van der Waals surface area contributed by atoms with Gasteiger partial charge in [0.25, 0.3) is 0 Å². The van der Waals surface area contributed by atoms with Gasteiger partial charge in [-0.1, -0.05) is 25.1 Å². The molecule has 20 heavy (non-hydrogen) atoms. The van der Waals surface area contributed by atoms with E-state index in [2.05, 4.69) is 5.32 Å². The van der Waals surface area contributed by atoms with Crippen LogP contribution in [0.2, 0.25) is 0 Å². The molecule has 0 aliphatic heterocycles. The van der Waals surface area contributed by atoms with Gasteiger partial charge in [-0.25, -0.2) is 0 Å². The smallest absolute Gasteiger partial charge is 0.233 e. The highest BCUT2D eigenvalue weighted by Gasteiger charge is 2.16. The molecule has 0 atom stereocenters. The van der Waals surface area contributed by atoms with Crippen LogP contribution in [0.25, 0.3) is 0 Å². The molecule has 0 bridgehead atoms. The Labute approximate surface area is 121 Å². The van der Waals surface area contributed by atoms with E-state index in [-0.39, 0.29) is 18.2 Å². The monoisotopic (exact) mass is 276 g/mol. The van der Waals surface area contributed by atoms with Gasteiger partial charge in [-0.3, -0.25) is 9.59 Å². The second-order valence-electron chi connectivity index (χ2n) is 4.75. The van der Waals surface area contributed by atoms with Crippen LogP contribution in [0, 0.1) is 6.92 Å². The average Bonchev–Trinajstić information content (AvgIpc) is 2.42. The van der Waals surface area contributed by atoms with Crippen molar-refractivity contribution >= 4 is 17.5 Å². The van der Waals surface area contributed by atoms with Gasteiger partial charge < -0.3 is 10.2 Å². The summed E-state index contributed by atoms with van der Waals surface area (Å²) in [5, 5.41) is 2.88. The van der Waals surface area contributed by atoms with Crippen LogP contribution in [-0.2, 0) is 16.0 Å². The Morgan fingerprint density at radius 3 is 2.35 bits per heavy atom. The molecule has 4 heteroatoms. The number of carbonyl (C=O) groups is 2. The van der Waals surface area contributed by atoms with Crippen molar-refractivity contribution in [2.75, 3.05) is 18.4 Å². The minimum atomic E-state index is -0.245. The molecule has 0 aromatic heterocycles. The largest absolute Gasteiger partial charge is 0.343 e. The molecule has 1 aromatic carbocycles. The minimum Gasteiger partial charge on any atom is -0.343 e. The SMILES string of the molecule is CCc1cccc(C)c1NC(=O)CC(=O)N(CC)CC. The summed E-state index contributed by atoms with van der Waals surface area (Å²) in [6.45, 7) is 9.10. The summed E-state index contributed by atoms with van der Waals surface area (Å²) in [7, 11) is 0. The van der Waals surface area contributed by atoms with Gasteiger partial charge in [-0.15, -0.1) is 0 Å². The molecule has 0 saturated carbocycles. The highest BCUT2D eigenvalue weighted by Crippen LogP contribution is 2.21. The van der Waals surface area contributed by atoms with E-state index in [4.69, 9.17) is 0 Å². The molecule has 0 unspecified atom stereocenters. The van der Waals surface area contributed by atoms with Crippen LogP contribution < -0.4 is 5.32 Å². The van der Waals surface area contributed by atoms with Crippen molar-refractivity contribution in [1.29, 1.82) is 0 Å². The maximum Gasteiger partial charge on any atom is 0.233 e. The molecule has 4 nitrogen and oxygen atoms in total. The Bertz CT molecular complexity index is 479. The number of benzene rings is 1. The van der Waals surface area contributed by atoms with E-state index >= 15 is 0 Å². The molecule has 1 N–H and O–H groups in total. The first-order valence-corrected chi connectivity index (χ1v) is 7.19. The van der Waals surface area contributed by atoms with Crippen LogP contribution in [0.5, 0.6) is 0 Å². The van der Waals surface area contributed by atoms with Crippen LogP contribution in [0.4, 0.5) is 5.69 Å². The predicted octanol–water partition coefficient (Wildman–Crippen LogP) is 2.75. The summed E-state index contributed by atoms with van der Waals surface area (Å²) in [5.41, 5.74) is 2.95. The van der Waals surface area contributed by atoms with Gasteiger partial charge in [-0.2, -0.15) is 0 Å². The van der Waals surface area contributed by atoms with Gasteiger partial charge in [0.2, 0.25) is 11.8 Å². The van der Waals surface area contributed by atoms with Gasteiger partial charge in [-0.05, 0) is 38.3 Å². The third-order valence-electron chi connectivity index (χ3n) is 3.43. The highest BCUT2D eigenvalue weighted by atomic mass is 16.2. The van der Waals surface area contributed by atoms with Crippen LogP contribution in [0.15, 0.2) is 18.2 Å². The number of carbonyl (C=O) groups excluding carboxylic acids is 2. The fraction of sp³-hybridized carbons (Fsp3) is 0.500. The zero-order valence-corrected chi connectivity index (χ0v) is 12.8. The highest BCUT2D eigenvalue weighted by molar-refractivity contribution is 6.04. The van der Waals surface area contributed by atoms with Crippen molar-refractivity contribution in [3.63, 3.8) is 0 Å². The van der Waals surface area contributed by atoms with E-state index in [0.29, 0.717) is 13.1 Å². The number of hydrogen-bond donors (Lipinski definition) is 1. The van der Waals surface area contributed by atoms with Gasteiger partial charge in [0, 0.05) is 18.8 Å². The lowest BCUT2D eigenvalue weighted by Gasteiger charge is -2.19. The summed E-state index contributed by atoms with van der Waals surface area (Å²) in [5.74, 6) is -0.370. The number of nitrogens with one attached hydrogen (secondary N) is 1. The van der Waals surface area contributed by atoms with Gasteiger partial charge in [0.1, 0.15) is 6.42 Å². The lowest BCUT2D eigenvalue weighted by molar-refractivity contribution is -0.134. The van der Waals surface area contributed by atoms with Crippen LogP contribution in [0.3, 0.4) is 0 Å². The van der Waals surface area contributed by atoms with Crippen molar-refractivity contribution in [2.24, 2.45) is 0 Å². The molecule has 1 rings (SSSR count). The van der Waals surface area contributed by atoms with Crippen molar-refractivity contribution in [2.45, 2.75) is 40.5 Å². The molecular weight excluding hydrogens is 252 g/mol. The Balaban J connectivity index is 2.74. The summed E-state index contributed by atoms with van der Waals surface area (Å²) >= 11 is 0. The molecule has 0 radical (unpaired) electrons. The van der Waals surface area contributed by atoms with E-state index in [1.165, 1.54) is 0 Å². The van der Waals surface area contributed by atoms with Gasteiger partial charge in [0.05, 0.1) is 0 Å². The van der Waals surface area contributed by atoms with E-state index in [1.54, 1.807) is 4.90 Å². The maximum absolute atomic E-state index is 12.0. The number of anilines is 1. The molecule has 0 aliphatic rings. The molecule has 0 heterocycles. The fourth-order valence-electron chi connectivity index (χ4n) is 2.21. The number of hydrogen-bond acceptors (Lipinski definition) is 2. The van der Waals surface area contributed by atoms with Crippen LogP contribution in [-0.4, -0.2) is 29.8 Å². The zero-order chi connectivity index (χ0) is 15.1. The summed E-state index contributed by atoms with van der Waals surface area (Å²) in [6.07, 6.45) is 0.750. The third kappa shape index (κ3) is 4.08. The number of amides is 2. The molecule has 0 aliphatic carbocycles. The summed E-state index contributed by atoms with van der Waals surface area (Å²) in [6, 6.07) is 5.93. The van der Waals surface area contributed by atoms with Crippen molar-refractivity contribution in [1.82, 2.24) is 4.90 Å². The molecule has 110 valence electrons. The third-order valence-corrected chi connectivity index (χ3v) is 3.43. The Morgan fingerprint density at radius 2 is 1.80 bits per heavy atom. The minimum absolute atomic E-state index is 0.0980. The van der Waals surface area contributed by atoms with Crippen molar-refractivity contribution in [3.05, 3.63) is 29.3 Å². The predicted molar refractivity (Wildman–Crippen MR) is 81.7 cm³/mol. The standard InChI is InChI=1S/C16H24N2O2/c1-5-13-10-8-9-12(4)16(13)17-14(19)11-15(20)18(6-2)7-3/h8-10H,5-7,11H2,1-4H3,(H,17,19). The first-order chi connectivity index (χ1) is 9.53. The molecule has 2 amide bonds. The second-order valence-corrected chi connectivity index (χ2v) is 4.75. The van der Waals surface area contributed by atoms with E-state index in [9.17, 15) is 9.59 Å². The van der Waals surface area contributed by atoms with Crippen molar-refractivity contribution in [3.8, 4) is 0 Å².